The van der Waals surface area contributed by atoms with E-state index in [9.17, 15) is 14.4 Å². The summed E-state index contributed by atoms with van der Waals surface area (Å²) >= 11 is 0. The van der Waals surface area contributed by atoms with E-state index in [2.05, 4.69) is 15.6 Å². The largest absolute Gasteiger partial charge is 0.497 e. The third-order valence-electron chi connectivity index (χ3n) is 3.98. The van der Waals surface area contributed by atoms with Gasteiger partial charge in [0.05, 0.1) is 19.6 Å². The van der Waals surface area contributed by atoms with Crippen molar-refractivity contribution in [2.24, 2.45) is 0 Å². The second-order valence-electron chi connectivity index (χ2n) is 5.84. The maximum absolute atomic E-state index is 12.3. The minimum Gasteiger partial charge on any atom is -0.497 e. The number of aromatic nitrogens is 3. The molecule has 0 spiro atoms. The zero-order valence-electron chi connectivity index (χ0n) is 15.7. The fourth-order valence-corrected chi connectivity index (χ4v) is 2.49. The van der Waals surface area contributed by atoms with Crippen molar-refractivity contribution < 1.29 is 23.8 Å². The van der Waals surface area contributed by atoms with E-state index in [4.69, 9.17) is 14.2 Å². The lowest BCUT2D eigenvalue weighted by Gasteiger charge is -2.10. The molecule has 1 amide bonds. The van der Waals surface area contributed by atoms with Crippen LogP contribution in [-0.2, 0) is 16.3 Å². The highest BCUT2D eigenvalue weighted by Crippen LogP contribution is 2.22. The molecule has 0 fully saturated rings. The summed E-state index contributed by atoms with van der Waals surface area (Å²) in [6.07, 6.45) is 0. The van der Waals surface area contributed by atoms with Gasteiger partial charge in [0, 0.05) is 11.6 Å². The van der Waals surface area contributed by atoms with Gasteiger partial charge < -0.3 is 19.5 Å². The molecule has 0 radical (unpaired) electrons. The Bertz CT molecular complexity index is 1090. The second kappa shape index (κ2) is 8.83. The fraction of sp³-hybridized carbons (Fsp3) is 0.211. The zero-order valence-corrected chi connectivity index (χ0v) is 15.7. The molecule has 2 aromatic carbocycles. The molecule has 150 valence electrons. The molecule has 3 rings (SSSR count). The van der Waals surface area contributed by atoms with Crippen molar-refractivity contribution in [1.29, 1.82) is 0 Å². The number of methoxy groups -OCH3 is 2. The van der Waals surface area contributed by atoms with Gasteiger partial charge >= 0.3 is 5.97 Å². The van der Waals surface area contributed by atoms with Gasteiger partial charge in [-0.15, -0.1) is 5.10 Å². The van der Waals surface area contributed by atoms with Gasteiger partial charge in [0.15, 0.2) is 6.73 Å². The Labute approximate surface area is 165 Å². The molecule has 0 saturated carbocycles. The van der Waals surface area contributed by atoms with Crippen LogP contribution in [0, 0.1) is 0 Å². The maximum atomic E-state index is 12.3. The molecule has 1 N–H and O–H groups in total. The SMILES string of the molecule is COc1cc(OC)cc(C(=O)NCC(=O)OCn2nnc3ccccc3c2=O)c1. The number of carbonyl (C=O) groups is 2. The van der Waals surface area contributed by atoms with Crippen molar-refractivity contribution in [2.45, 2.75) is 6.73 Å². The molecule has 0 saturated heterocycles. The first kappa shape index (κ1) is 19.8. The molecule has 3 aromatic rings. The Kier molecular flexibility index (Phi) is 6.03. The van der Waals surface area contributed by atoms with Gasteiger partial charge in [-0.1, -0.05) is 17.3 Å². The molecule has 0 aliphatic carbocycles. The van der Waals surface area contributed by atoms with Crippen LogP contribution in [0.2, 0.25) is 0 Å². The topological polar surface area (TPSA) is 122 Å². The molecule has 10 heteroatoms. The summed E-state index contributed by atoms with van der Waals surface area (Å²) in [5, 5.41) is 10.4. The van der Waals surface area contributed by atoms with Crippen molar-refractivity contribution in [3.8, 4) is 11.5 Å². The molecular formula is C19H18N4O6. The summed E-state index contributed by atoms with van der Waals surface area (Å²) in [4.78, 5) is 36.5. The summed E-state index contributed by atoms with van der Waals surface area (Å²) in [5.41, 5.74) is 0.266. The third-order valence-corrected chi connectivity index (χ3v) is 3.98. The van der Waals surface area contributed by atoms with Crippen LogP contribution in [0.15, 0.2) is 47.3 Å². The number of amides is 1. The fourth-order valence-electron chi connectivity index (χ4n) is 2.49. The number of benzene rings is 2. The second-order valence-corrected chi connectivity index (χ2v) is 5.84. The van der Waals surface area contributed by atoms with E-state index in [0.717, 1.165) is 4.68 Å². The van der Waals surface area contributed by atoms with Gasteiger partial charge in [-0.05, 0) is 24.3 Å². The standard InChI is InChI=1S/C19H18N4O6/c1-27-13-7-12(8-14(9-13)28-2)18(25)20-10-17(24)29-11-23-19(26)15-5-3-4-6-16(15)21-22-23/h3-9H,10-11H2,1-2H3,(H,20,25). The van der Waals surface area contributed by atoms with Crippen molar-refractivity contribution in [2.75, 3.05) is 20.8 Å². The predicted octanol–water partition coefficient (Wildman–Crippen LogP) is 0.739. The minimum absolute atomic E-state index is 0.255. The van der Waals surface area contributed by atoms with Gasteiger partial charge in [-0.2, -0.15) is 4.68 Å². The number of fused-ring (bicyclic) bond motifs is 1. The van der Waals surface area contributed by atoms with E-state index < -0.39 is 30.7 Å². The van der Waals surface area contributed by atoms with Crippen molar-refractivity contribution in [1.82, 2.24) is 20.3 Å². The van der Waals surface area contributed by atoms with Crippen LogP contribution in [0.4, 0.5) is 0 Å². The first-order valence-corrected chi connectivity index (χ1v) is 8.51. The van der Waals surface area contributed by atoms with Gasteiger partial charge in [0.25, 0.3) is 11.5 Å². The number of nitrogens with zero attached hydrogens (tertiary/aromatic N) is 3. The van der Waals surface area contributed by atoms with E-state index in [1.54, 1.807) is 30.3 Å². The summed E-state index contributed by atoms with van der Waals surface area (Å²) in [6, 6.07) is 11.3. The lowest BCUT2D eigenvalue weighted by Crippen LogP contribution is -2.32. The van der Waals surface area contributed by atoms with Gasteiger partial charge in [-0.25, -0.2) is 0 Å². The number of nitrogens with one attached hydrogen (secondary N) is 1. The summed E-state index contributed by atoms with van der Waals surface area (Å²) in [7, 11) is 2.93. The first-order chi connectivity index (χ1) is 14.0. The number of hydrogen-bond acceptors (Lipinski definition) is 8. The van der Waals surface area contributed by atoms with Crippen LogP contribution in [0.1, 0.15) is 10.4 Å². The van der Waals surface area contributed by atoms with Crippen molar-refractivity contribution >= 4 is 22.8 Å². The van der Waals surface area contributed by atoms with E-state index in [-0.39, 0.29) is 5.56 Å². The predicted molar refractivity (Wildman–Crippen MR) is 102 cm³/mol. The molecule has 0 unspecified atom stereocenters. The first-order valence-electron chi connectivity index (χ1n) is 8.51. The molecule has 1 aromatic heterocycles. The molecule has 0 aliphatic heterocycles. The van der Waals surface area contributed by atoms with Crippen molar-refractivity contribution in [3.05, 3.63) is 58.4 Å². The highest BCUT2D eigenvalue weighted by atomic mass is 16.5. The quantitative estimate of drug-likeness (QED) is 0.579. The normalized spacial score (nSPS) is 10.4. The molecule has 0 bridgehead atoms. The minimum atomic E-state index is -0.741. The zero-order chi connectivity index (χ0) is 20.8. The van der Waals surface area contributed by atoms with E-state index in [0.29, 0.717) is 22.4 Å². The smallest absolute Gasteiger partial charge is 0.327 e. The Hall–Kier alpha value is -3.95. The Balaban J connectivity index is 1.58. The van der Waals surface area contributed by atoms with Crippen LogP contribution in [0.25, 0.3) is 10.9 Å². The lowest BCUT2D eigenvalue weighted by molar-refractivity contribution is -0.146. The number of carbonyl (C=O) groups excluding carboxylic acids is 2. The van der Waals surface area contributed by atoms with Gasteiger partial charge in [0.1, 0.15) is 23.6 Å². The summed E-state index contributed by atoms with van der Waals surface area (Å²) in [6.45, 7) is -0.813. The molecule has 1 heterocycles. The van der Waals surface area contributed by atoms with Gasteiger partial charge in [0.2, 0.25) is 0 Å². The Morgan fingerprint density at radius 1 is 1.07 bits per heavy atom. The number of esters is 1. The number of rotatable bonds is 7. The van der Waals surface area contributed by atoms with E-state index >= 15 is 0 Å². The molecule has 0 atom stereocenters. The van der Waals surface area contributed by atoms with Crippen molar-refractivity contribution in [3.63, 3.8) is 0 Å². The number of hydrogen-bond donors (Lipinski definition) is 1. The van der Waals surface area contributed by atoms with Crippen LogP contribution in [-0.4, -0.2) is 47.6 Å². The van der Waals surface area contributed by atoms with Crippen LogP contribution in [0.5, 0.6) is 11.5 Å². The lowest BCUT2D eigenvalue weighted by atomic mass is 10.2. The maximum Gasteiger partial charge on any atom is 0.327 e. The Morgan fingerprint density at radius 2 is 1.76 bits per heavy atom. The van der Waals surface area contributed by atoms with Crippen LogP contribution >= 0.6 is 0 Å². The third kappa shape index (κ3) is 4.67. The van der Waals surface area contributed by atoms with E-state index in [1.807, 2.05) is 0 Å². The molecule has 10 nitrogen and oxygen atoms in total. The molecule has 29 heavy (non-hydrogen) atoms. The van der Waals surface area contributed by atoms with Gasteiger partial charge in [-0.3, -0.25) is 14.4 Å². The summed E-state index contributed by atoms with van der Waals surface area (Å²) in [5.74, 6) is -0.380. The average molecular weight is 398 g/mol. The van der Waals surface area contributed by atoms with Crippen LogP contribution in [0.3, 0.4) is 0 Å². The highest BCUT2D eigenvalue weighted by Gasteiger charge is 2.13. The van der Waals surface area contributed by atoms with E-state index in [1.165, 1.54) is 26.4 Å². The monoisotopic (exact) mass is 398 g/mol. The number of ether oxygens (including phenoxy) is 3. The molecular weight excluding hydrogens is 380 g/mol. The highest BCUT2D eigenvalue weighted by molar-refractivity contribution is 5.96. The summed E-state index contributed by atoms with van der Waals surface area (Å²) < 4.78 is 16.1. The Morgan fingerprint density at radius 3 is 2.45 bits per heavy atom. The average Bonchev–Trinajstić information content (AvgIpc) is 2.76. The van der Waals surface area contributed by atoms with Crippen LogP contribution < -0.4 is 20.3 Å². The molecule has 0 aliphatic rings.